The van der Waals surface area contributed by atoms with E-state index in [9.17, 15) is 28.2 Å². The van der Waals surface area contributed by atoms with E-state index in [2.05, 4.69) is 11.5 Å². The van der Waals surface area contributed by atoms with E-state index in [-0.39, 0.29) is 23.3 Å². The van der Waals surface area contributed by atoms with Gasteiger partial charge in [0.25, 0.3) is 0 Å². The van der Waals surface area contributed by atoms with Crippen LogP contribution in [0.4, 0.5) is 13.2 Å². The van der Waals surface area contributed by atoms with Gasteiger partial charge in [0, 0.05) is 30.8 Å². The van der Waals surface area contributed by atoms with Gasteiger partial charge in [-0.05, 0) is 86.0 Å². The molecular weight excluding hydrogens is 605 g/mol. The first kappa shape index (κ1) is 31.5. The number of phenolic OH excluding ortho intramolecular Hbond substituents is 1. The average Bonchev–Trinajstić information content (AvgIpc) is 3.41. The molecule has 2 heterocycles. The Kier molecular flexibility index (Phi) is 7.96. The van der Waals surface area contributed by atoms with E-state index in [0.717, 1.165) is 35.2 Å². The van der Waals surface area contributed by atoms with Crippen LogP contribution in [0.5, 0.6) is 11.5 Å². The van der Waals surface area contributed by atoms with E-state index in [0.29, 0.717) is 57.5 Å². The molecule has 2 N–H and O–H groups in total. The highest BCUT2D eigenvalue weighted by Gasteiger charge is 2.73. The molecule has 2 aliphatic carbocycles. The third-order valence-electron chi connectivity index (χ3n) is 10.9. The molecule has 6 nitrogen and oxygen atoms in total. The summed E-state index contributed by atoms with van der Waals surface area (Å²) in [4.78, 5) is 18.2. The van der Waals surface area contributed by atoms with Crippen LogP contribution in [0.15, 0.2) is 85.5 Å². The minimum Gasteiger partial charge on any atom is -0.504 e. The number of carbonyl (C=O) groups is 1. The number of amides is 1. The molecule has 5 atom stereocenters. The smallest absolute Gasteiger partial charge is 0.416 e. The summed E-state index contributed by atoms with van der Waals surface area (Å²) in [6, 6.07) is 17.9. The van der Waals surface area contributed by atoms with Gasteiger partial charge < -0.3 is 19.8 Å². The van der Waals surface area contributed by atoms with Gasteiger partial charge in [-0.25, -0.2) is 0 Å². The number of hydrogen-bond acceptors (Lipinski definition) is 5. The minimum atomic E-state index is -4.49. The number of aryl methyl sites for hydroxylation is 1. The van der Waals surface area contributed by atoms with Crippen molar-refractivity contribution in [2.24, 2.45) is 0 Å². The lowest BCUT2D eigenvalue weighted by Gasteiger charge is -2.64. The summed E-state index contributed by atoms with van der Waals surface area (Å²) in [6.07, 6.45) is 3.04. The third-order valence-corrected chi connectivity index (χ3v) is 10.9. The second kappa shape index (κ2) is 11.9. The number of phenols is 1. The zero-order valence-electron chi connectivity index (χ0n) is 26.1. The maximum atomic E-state index is 14.1. The lowest BCUT2D eigenvalue weighted by Crippen LogP contribution is -2.78. The number of piperidine rings is 1. The van der Waals surface area contributed by atoms with Crippen molar-refractivity contribution in [1.82, 2.24) is 9.80 Å². The van der Waals surface area contributed by atoms with E-state index in [1.165, 1.54) is 18.2 Å². The molecule has 2 aliphatic heterocycles. The van der Waals surface area contributed by atoms with E-state index >= 15 is 0 Å². The highest BCUT2D eigenvalue weighted by Crippen LogP contribution is 2.65. The molecule has 4 aliphatic rings. The Labute approximate surface area is 272 Å². The number of nitrogens with zero attached hydrogens (tertiary/aromatic N) is 2. The fourth-order valence-electron chi connectivity index (χ4n) is 8.93. The van der Waals surface area contributed by atoms with Crippen molar-refractivity contribution in [2.45, 2.75) is 73.9 Å². The van der Waals surface area contributed by atoms with Crippen LogP contribution >= 0.6 is 0 Å². The van der Waals surface area contributed by atoms with Gasteiger partial charge in [0.15, 0.2) is 11.5 Å². The molecule has 3 aromatic rings. The van der Waals surface area contributed by atoms with Crippen molar-refractivity contribution in [3.63, 3.8) is 0 Å². The zero-order valence-corrected chi connectivity index (χ0v) is 26.1. The van der Waals surface area contributed by atoms with Gasteiger partial charge in [0.2, 0.25) is 5.91 Å². The Hall–Kier alpha value is -4.08. The zero-order chi connectivity index (χ0) is 33.0. The number of ether oxygens (including phenoxy) is 1. The van der Waals surface area contributed by atoms with E-state index < -0.39 is 34.9 Å². The topological polar surface area (TPSA) is 73.2 Å². The molecule has 246 valence electrons. The predicted octanol–water partition coefficient (Wildman–Crippen LogP) is 6.29. The van der Waals surface area contributed by atoms with Crippen LogP contribution in [0.1, 0.15) is 53.5 Å². The number of likely N-dealkylation sites (tertiary alicyclic amines) is 1. The molecule has 7 rings (SSSR count). The summed E-state index contributed by atoms with van der Waals surface area (Å²) < 4.78 is 46.9. The average molecular weight is 645 g/mol. The lowest BCUT2D eigenvalue weighted by atomic mass is 9.48. The van der Waals surface area contributed by atoms with Gasteiger partial charge in [-0.3, -0.25) is 9.69 Å². The summed E-state index contributed by atoms with van der Waals surface area (Å²) in [5.74, 6) is 0.0828. The largest absolute Gasteiger partial charge is 0.504 e. The van der Waals surface area contributed by atoms with Crippen LogP contribution in [0.3, 0.4) is 0 Å². The second-order valence-electron chi connectivity index (χ2n) is 13.3. The van der Waals surface area contributed by atoms with Crippen molar-refractivity contribution in [1.29, 1.82) is 0 Å². The number of hydrogen-bond donors (Lipinski definition) is 2. The van der Waals surface area contributed by atoms with Crippen molar-refractivity contribution in [2.75, 3.05) is 19.6 Å². The second-order valence-corrected chi connectivity index (χ2v) is 13.3. The molecule has 0 radical (unpaired) electrons. The van der Waals surface area contributed by atoms with Gasteiger partial charge >= 0.3 is 6.18 Å². The Balaban J connectivity index is 1.25. The molecule has 2 unspecified atom stereocenters. The molecule has 2 bridgehead atoms. The maximum absolute atomic E-state index is 14.1. The predicted molar refractivity (Wildman–Crippen MR) is 173 cm³/mol. The van der Waals surface area contributed by atoms with Gasteiger partial charge in [-0.2, -0.15) is 13.2 Å². The van der Waals surface area contributed by atoms with Crippen LogP contribution in [0.2, 0.25) is 0 Å². The number of carbonyl (C=O) groups excluding carboxylic acids is 1. The molecule has 2 fully saturated rings. The van der Waals surface area contributed by atoms with Crippen LogP contribution in [0.25, 0.3) is 6.08 Å². The van der Waals surface area contributed by atoms with Crippen molar-refractivity contribution in [3.8, 4) is 11.5 Å². The van der Waals surface area contributed by atoms with Crippen molar-refractivity contribution >= 4 is 12.0 Å². The highest BCUT2D eigenvalue weighted by atomic mass is 19.4. The number of aromatic hydroxyl groups is 1. The number of halogens is 3. The standard InChI is InChI=1S/C38H39F3N2O4/c1-2-20-42-22-19-36-33-27-14-15-30(44)34(33)47-35(36)29(17-18-37(36,46)31(42)24-27)43(21-7-11-25-8-4-3-5-9-25)32(45)16-13-26-10-6-12-28(23-26)38(39,40)41/h2-6,8-10,12-16,23,29,31,35,44,46H,1,7,11,17-22,24H2/b16-13+/t29?,31-,35?,36+,37-/m1/s1. The fraction of sp³-hybridized carbons (Fsp3) is 0.395. The van der Waals surface area contributed by atoms with Gasteiger partial charge in [-0.15, -0.1) is 6.58 Å². The minimum absolute atomic E-state index is 0.0204. The van der Waals surface area contributed by atoms with Crippen LogP contribution in [-0.2, 0) is 29.2 Å². The molecule has 47 heavy (non-hydrogen) atoms. The first-order valence-electron chi connectivity index (χ1n) is 16.4. The Morgan fingerprint density at radius 2 is 1.91 bits per heavy atom. The molecule has 1 saturated carbocycles. The molecule has 3 aromatic carbocycles. The van der Waals surface area contributed by atoms with E-state index in [4.69, 9.17) is 4.74 Å². The van der Waals surface area contributed by atoms with Gasteiger partial charge in [0.1, 0.15) is 6.10 Å². The monoisotopic (exact) mass is 644 g/mol. The summed E-state index contributed by atoms with van der Waals surface area (Å²) >= 11 is 0. The summed E-state index contributed by atoms with van der Waals surface area (Å²) in [7, 11) is 0. The first-order valence-corrected chi connectivity index (χ1v) is 16.4. The molecule has 1 spiro atoms. The SMILES string of the molecule is C=CCN1CC[C@]23c4c5ccc(O)c4OC2C(N(CCCc2ccccc2)C(=O)/C=C/c2cccc(C(F)(F)F)c2)CC[C@@]3(O)[C@H]1C5. The maximum Gasteiger partial charge on any atom is 0.416 e. The number of aliphatic hydroxyl groups is 1. The van der Waals surface area contributed by atoms with Crippen molar-refractivity contribution in [3.05, 3.63) is 113 Å². The van der Waals surface area contributed by atoms with Crippen LogP contribution in [-0.4, -0.2) is 69.3 Å². The quantitative estimate of drug-likeness (QED) is 0.212. The summed E-state index contributed by atoms with van der Waals surface area (Å²) in [5, 5.41) is 23.8. The third kappa shape index (κ3) is 5.15. The lowest BCUT2D eigenvalue weighted by molar-refractivity contribution is -0.199. The first-order chi connectivity index (χ1) is 22.6. The van der Waals surface area contributed by atoms with Gasteiger partial charge in [-0.1, -0.05) is 54.6 Å². The number of alkyl halides is 3. The van der Waals surface area contributed by atoms with Gasteiger partial charge in [0.05, 0.1) is 22.6 Å². The molecule has 1 amide bonds. The number of benzene rings is 3. The molecule has 0 aromatic heterocycles. The molecule has 9 heteroatoms. The van der Waals surface area contributed by atoms with E-state index in [1.54, 1.807) is 17.0 Å². The Morgan fingerprint density at radius 3 is 2.68 bits per heavy atom. The van der Waals surface area contributed by atoms with E-state index in [1.807, 2.05) is 42.5 Å². The normalized spacial score (nSPS) is 27.7. The Bertz CT molecular complexity index is 1710. The fourth-order valence-corrected chi connectivity index (χ4v) is 8.93. The molecule has 1 saturated heterocycles. The van der Waals surface area contributed by atoms with Crippen LogP contribution < -0.4 is 4.74 Å². The summed E-state index contributed by atoms with van der Waals surface area (Å²) in [5.41, 5.74) is 0.560. The molecular formula is C38H39F3N2O4. The Morgan fingerprint density at radius 1 is 1.11 bits per heavy atom. The van der Waals surface area contributed by atoms with Crippen molar-refractivity contribution < 1.29 is 32.9 Å². The highest BCUT2D eigenvalue weighted by molar-refractivity contribution is 5.92. The number of rotatable bonds is 9. The summed E-state index contributed by atoms with van der Waals surface area (Å²) in [6.45, 7) is 5.68. The van der Waals surface area contributed by atoms with Crippen LogP contribution in [0, 0.1) is 0 Å².